The molecule has 0 bridgehead atoms. The van der Waals surface area contributed by atoms with Crippen molar-refractivity contribution < 1.29 is 13.2 Å². The molecule has 0 spiro atoms. The standard InChI is InChI=1S/C25H33N3O3S/c1-21(24-10-6-3-7-11-24)27(18-22-12-13-22)19-25(29)26-14-16-28(17-15-26)32(30,31)20-23-8-4-2-5-9-23/h2-11,21-22H,12-20H2,1H3. The molecule has 2 aromatic carbocycles. The second-order valence-corrected chi connectivity index (χ2v) is 11.0. The van der Waals surface area contributed by atoms with Crippen molar-refractivity contribution in [1.82, 2.24) is 14.1 Å². The number of piperazine rings is 1. The van der Waals surface area contributed by atoms with Crippen LogP contribution in [-0.4, -0.2) is 67.7 Å². The minimum Gasteiger partial charge on any atom is -0.339 e. The largest absolute Gasteiger partial charge is 0.339 e. The van der Waals surface area contributed by atoms with Gasteiger partial charge in [0.1, 0.15) is 0 Å². The normalized spacial score (nSPS) is 18.6. The lowest BCUT2D eigenvalue weighted by atomic mass is 10.1. The van der Waals surface area contributed by atoms with Gasteiger partial charge < -0.3 is 4.90 Å². The Morgan fingerprint density at radius 1 is 0.969 bits per heavy atom. The molecule has 1 saturated heterocycles. The first-order valence-corrected chi connectivity index (χ1v) is 13.1. The molecule has 0 radical (unpaired) electrons. The van der Waals surface area contributed by atoms with Gasteiger partial charge >= 0.3 is 0 Å². The molecule has 2 aliphatic rings. The van der Waals surface area contributed by atoms with E-state index in [1.54, 1.807) is 0 Å². The van der Waals surface area contributed by atoms with Crippen LogP contribution in [0.2, 0.25) is 0 Å². The molecule has 0 N–H and O–H groups in total. The van der Waals surface area contributed by atoms with Crippen molar-refractivity contribution in [3.63, 3.8) is 0 Å². The third-order valence-corrected chi connectivity index (χ3v) is 8.38. The predicted octanol–water partition coefficient (Wildman–Crippen LogP) is 3.13. The lowest BCUT2D eigenvalue weighted by Gasteiger charge is -2.36. The number of rotatable bonds is 9. The molecule has 1 amide bonds. The van der Waals surface area contributed by atoms with Crippen LogP contribution < -0.4 is 0 Å². The fourth-order valence-corrected chi connectivity index (χ4v) is 5.82. The Hall–Kier alpha value is -2.22. The summed E-state index contributed by atoms with van der Waals surface area (Å²) in [7, 11) is -3.38. The van der Waals surface area contributed by atoms with Gasteiger partial charge in [-0.2, -0.15) is 4.31 Å². The van der Waals surface area contributed by atoms with Crippen molar-refractivity contribution >= 4 is 15.9 Å². The van der Waals surface area contributed by atoms with E-state index in [1.807, 2.05) is 53.4 Å². The van der Waals surface area contributed by atoms with Gasteiger partial charge in [0, 0.05) is 38.8 Å². The fraction of sp³-hybridized carbons (Fsp3) is 0.480. The molecule has 1 aliphatic carbocycles. The van der Waals surface area contributed by atoms with Gasteiger partial charge in [-0.1, -0.05) is 60.7 Å². The zero-order valence-corrected chi connectivity index (χ0v) is 19.6. The van der Waals surface area contributed by atoms with Crippen molar-refractivity contribution in [3.8, 4) is 0 Å². The van der Waals surface area contributed by atoms with E-state index in [4.69, 9.17) is 0 Å². The van der Waals surface area contributed by atoms with Crippen LogP contribution in [0.5, 0.6) is 0 Å². The fourth-order valence-electron chi connectivity index (χ4n) is 4.30. The highest BCUT2D eigenvalue weighted by molar-refractivity contribution is 7.88. The number of carbonyl (C=O) groups excluding carboxylic acids is 1. The maximum absolute atomic E-state index is 13.1. The maximum atomic E-state index is 13.1. The summed E-state index contributed by atoms with van der Waals surface area (Å²) in [5, 5.41) is 0. The summed E-state index contributed by atoms with van der Waals surface area (Å²) in [6.07, 6.45) is 2.48. The molecular formula is C25H33N3O3S. The number of hydrogen-bond donors (Lipinski definition) is 0. The van der Waals surface area contributed by atoms with E-state index in [0.717, 1.165) is 12.1 Å². The van der Waals surface area contributed by atoms with Gasteiger partial charge in [0.2, 0.25) is 15.9 Å². The van der Waals surface area contributed by atoms with E-state index in [9.17, 15) is 13.2 Å². The molecule has 1 heterocycles. The molecular weight excluding hydrogens is 422 g/mol. The molecule has 0 aromatic heterocycles. The van der Waals surface area contributed by atoms with Gasteiger partial charge in [-0.25, -0.2) is 8.42 Å². The Bertz CT molecular complexity index is 986. The molecule has 1 saturated carbocycles. The summed E-state index contributed by atoms with van der Waals surface area (Å²) in [4.78, 5) is 17.2. The first-order valence-electron chi connectivity index (χ1n) is 11.5. The van der Waals surface area contributed by atoms with Gasteiger partial charge in [0.05, 0.1) is 12.3 Å². The molecule has 2 fully saturated rings. The molecule has 172 valence electrons. The maximum Gasteiger partial charge on any atom is 0.236 e. The molecule has 1 atom stereocenters. The topological polar surface area (TPSA) is 60.9 Å². The zero-order chi connectivity index (χ0) is 22.6. The zero-order valence-electron chi connectivity index (χ0n) is 18.8. The monoisotopic (exact) mass is 455 g/mol. The second kappa shape index (κ2) is 10.1. The van der Waals surface area contributed by atoms with Gasteiger partial charge in [0.15, 0.2) is 0 Å². The SMILES string of the molecule is CC(c1ccccc1)N(CC(=O)N1CCN(S(=O)(=O)Cc2ccccc2)CC1)CC1CC1. The van der Waals surface area contributed by atoms with E-state index in [0.29, 0.717) is 38.6 Å². The molecule has 2 aromatic rings. The predicted molar refractivity (Wildman–Crippen MR) is 126 cm³/mol. The van der Waals surface area contributed by atoms with Crippen LogP contribution in [0, 0.1) is 5.92 Å². The van der Waals surface area contributed by atoms with Gasteiger partial charge in [-0.15, -0.1) is 0 Å². The molecule has 6 nitrogen and oxygen atoms in total. The second-order valence-electron chi connectivity index (χ2n) is 8.98. The number of hydrogen-bond acceptors (Lipinski definition) is 4. The Labute approximate surface area is 191 Å². The van der Waals surface area contributed by atoms with Crippen molar-refractivity contribution in [2.75, 3.05) is 39.3 Å². The average Bonchev–Trinajstić information content (AvgIpc) is 3.63. The van der Waals surface area contributed by atoms with Crippen LogP contribution in [0.1, 0.15) is 36.9 Å². The number of benzene rings is 2. The molecule has 1 unspecified atom stereocenters. The molecule has 4 rings (SSSR count). The first kappa shape index (κ1) is 23.0. The Morgan fingerprint density at radius 2 is 1.56 bits per heavy atom. The van der Waals surface area contributed by atoms with E-state index in [1.165, 1.54) is 22.7 Å². The minimum atomic E-state index is -3.38. The summed E-state index contributed by atoms with van der Waals surface area (Å²) in [6.45, 7) is 5.10. The van der Waals surface area contributed by atoms with Crippen LogP contribution in [0.4, 0.5) is 0 Å². The lowest BCUT2D eigenvalue weighted by molar-refractivity contribution is -0.134. The highest BCUT2D eigenvalue weighted by Gasteiger charge is 2.32. The molecule has 1 aliphatic heterocycles. The average molecular weight is 456 g/mol. The Kier molecular flexibility index (Phi) is 7.28. The third kappa shape index (κ3) is 5.97. The van der Waals surface area contributed by atoms with E-state index in [2.05, 4.69) is 24.0 Å². The minimum absolute atomic E-state index is 0.00550. The van der Waals surface area contributed by atoms with Crippen molar-refractivity contribution in [1.29, 1.82) is 0 Å². The van der Waals surface area contributed by atoms with Crippen LogP contribution in [0.25, 0.3) is 0 Å². The first-order chi connectivity index (χ1) is 15.4. The van der Waals surface area contributed by atoms with Crippen LogP contribution >= 0.6 is 0 Å². The number of nitrogens with zero attached hydrogens (tertiary/aromatic N) is 3. The van der Waals surface area contributed by atoms with Crippen LogP contribution in [0.15, 0.2) is 60.7 Å². The summed E-state index contributed by atoms with van der Waals surface area (Å²) in [5.41, 5.74) is 2.01. The van der Waals surface area contributed by atoms with Crippen molar-refractivity contribution in [2.24, 2.45) is 5.92 Å². The van der Waals surface area contributed by atoms with Gasteiger partial charge in [-0.05, 0) is 36.8 Å². The summed E-state index contributed by atoms with van der Waals surface area (Å²) in [6, 6.07) is 19.8. The number of amides is 1. The quantitative estimate of drug-likeness (QED) is 0.583. The summed E-state index contributed by atoms with van der Waals surface area (Å²) in [5.74, 6) is 0.786. The van der Waals surface area contributed by atoms with Gasteiger partial charge in [-0.3, -0.25) is 9.69 Å². The number of carbonyl (C=O) groups is 1. The van der Waals surface area contributed by atoms with E-state index < -0.39 is 10.0 Å². The van der Waals surface area contributed by atoms with Gasteiger partial charge in [0.25, 0.3) is 0 Å². The third-order valence-electron chi connectivity index (χ3n) is 6.53. The Morgan fingerprint density at radius 3 is 2.16 bits per heavy atom. The van der Waals surface area contributed by atoms with Crippen LogP contribution in [0.3, 0.4) is 0 Å². The highest BCUT2D eigenvalue weighted by atomic mass is 32.2. The lowest BCUT2D eigenvalue weighted by Crippen LogP contribution is -2.53. The van der Waals surface area contributed by atoms with Crippen LogP contribution in [-0.2, 0) is 20.6 Å². The van der Waals surface area contributed by atoms with E-state index in [-0.39, 0.29) is 17.7 Å². The van der Waals surface area contributed by atoms with Crippen molar-refractivity contribution in [3.05, 3.63) is 71.8 Å². The Balaban J connectivity index is 1.33. The molecule has 7 heteroatoms. The molecule has 32 heavy (non-hydrogen) atoms. The summed E-state index contributed by atoms with van der Waals surface area (Å²) >= 11 is 0. The highest BCUT2D eigenvalue weighted by Crippen LogP contribution is 2.32. The number of sulfonamides is 1. The summed E-state index contributed by atoms with van der Waals surface area (Å²) < 4.78 is 27.1. The van der Waals surface area contributed by atoms with E-state index >= 15 is 0 Å². The van der Waals surface area contributed by atoms with Crippen molar-refractivity contribution in [2.45, 2.75) is 31.6 Å². The smallest absolute Gasteiger partial charge is 0.236 e.